The molecule has 0 spiro atoms. The van der Waals surface area contributed by atoms with Crippen molar-refractivity contribution >= 4 is 17.4 Å². The first-order valence-corrected chi connectivity index (χ1v) is 8.35. The number of hydrogen-bond acceptors (Lipinski definition) is 6. The highest BCUT2D eigenvalue weighted by atomic mass is 16.5. The van der Waals surface area contributed by atoms with Gasteiger partial charge < -0.3 is 15.0 Å². The molecule has 3 aromatic rings. The highest BCUT2D eigenvalue weighted by Crippen LogP contribution is 2.16. The van der Waals surface area contributed by atoms with E-state index in [1.165, 1.54) is 6.33 Å². The van der Waals surface area contributed by atoms with Gasteiger partial charge in [0.15, 0.2) is 0 Å². The van der Waals surface area contributed by atoms with Gasteiger partial charge in [-0.1, -0.05) is 0 Å². The number of nitrogens with zero attached hydrogens (tertiary/aromatic N) is 5. The molecule has 8 nitrogen and oxygen atoms in total. The Kier molecular flexibility index (Phi) is 4.57. The summed E-state index contributed by atoms with van der Waals surface area (Å²) in [6.07, 6.45) is 4.75. The number of rotatable bonds is 4. The molecule has 8 heteroatoms. The lowest BCUT2D eigenvalue weighted by atomic mass is 10.2. The van der Waals surface area contributed by atoms with Crippen molar-refractivity contribution in [2.75, 3.05) is 36.5 Å². The van der Waals surface area contributed by atoms with E-state index in [1.54, 1.807) is 29.3 Å². The van der Waals surface area contributed by atoms with Crippen molar-refractivity contribution in [1.29, 1.82) is 0 Å². The minimum atomic E-state index is -0.184. The summed E-state index contributed by atoms with van der Waals surface area (Å²) in [5.74, 6) is 0.708. The highest BCUT2D eigenvalue weighted by Gasteiger charge is 2.12. The normalized spacial score (nSPS) is 14.2. The maximum absolute atomic E-state index is 12.4. The first-order chi connectivity index (χ1) is 12.8. The lowest BCUT2D eigenvalue weighted by Gasteiger charge is -2.27. The molecule has 1 aliphatic heterocycles. The second-order valence-electron chi connectivity index (χ2n) is 5.85. The smallest absolute Gasteiger partial charge is 0.255 e. The molecule has 1 N–H and O–H groups in total. The largest absolute Gasteiger partial charge is 0.378 e. The minimum absolute atomic E-state index is 0.184. The maximum Gasteiger partial charge on any atom is 0.255 e. The van der Waals surface area contributed by atoms with Crippen LogP contribution in [-0.4, -0.2) is 52.0 Å². The summed E-state index contributed by atoms with van der Waals surface area (Å²) >= 11 is 0. The average Bonchev–Trinajstić information content (AvgIpc) is 3.24. The number of carbonyl (C=O) groups is 1. The summed E-state index contributed by atoms with van der Waals surface area (Å²) in [5, 5.41) is 6.92. The van der Waals surface area contributed by atoms with Gasteiger partial charge in [-0.15, -0.1) is 0 Å². The number of carbonyl (C=O) groups excluding carboxylic acids is 1. The number of morpholine rings is 1. The van der Waals surface area contributed by atoms with Gasteiger partial charge in [-0.3, -0.25) is 4.79 Å². The Morgan fingerprint density at radius 1 is 1.08 bits per heavy atom. The molecule has 26 heavy (non-hydrogen) atoms. The fraction of sp³-hybridized carbons (Fsp3) is 0.222. The molecular formula is C18H18N6O2. The second kappa shape index (κ2) is 7.32. The van der Waals surface area contributed by atoms with Crippen LogP contribution in [0.1, 0.15) is 10.4 Å². The van der Waals surface area contributed by atoms with Gasteiger partial charge >= 0.3 is 0 Å². The Balaban J connectivity index is 1.41. The summed E-state index contributed by atoms with van der Waals surface area (Å²) in [6.45, 7) is 3.09. The van der Waals surface area contributed by atoms with Crippen LogP contribution in [0.3, 0.4) is 0 Å². The number of pyridine rings is 1. The quantitative estimate of drug-likeness (QED) is 0.772. The third-order valence-corrected chi connectivity index (χ3v) is 4.15. The zero-order valence-corrected chi connectivity index (χ0v) is 14.1. The molecule has 0 saturated carbocycles. The summed E-state index contributed by atoms with van der Waals surface area (Å²) in [6, 6.07) is 10.9. The number of hydrogen-bond donors (Lipinski definition) is 1. The van der Waals surface area contributed by atoms with Crippen LogP contribution in [-0.2, 0) is 4.74 Å². The van der Waals surface area contributed by atoms with E-state index in [9.17, 15) is 4.79 Å². The predicted molar refractivity (Wildman–Crippen MR) is 96.6 cm³/mol. The first kappa shape index (κ1) is 16.2. The van der Waals surface area contributed by atoms with E-state index in [2.05, 4.69) is 25.3 Å². The number of nitrogens with one attached hydrogen (secondary N) is 1. The minimum Gasteiger partial charge on any atom is -0.378 e. The van der Waals surface area contributed by atoms with Crippen LogP contribution in [0, 0.1) is 0 Å². The average molecular weight is 350 g/mol. The van der Waals surface area contributed by atoms with Crippen molar-refractivity contribution in [1.82, 2.24) is 19.7 Å². The van der Waals surface area contributed by atoms with E-state index in [1.807, 2.05) is 24.3 Å². The van der Waals surface area contributed by atoms with Gasteiger partial charge in [0.25, 0.3) is 5.91 Å². The Morgan fingerprint density at radius 3 is 2.54 bits per heavy atom. The number of ether oxygens (including phenoxy) is 1. The summed E-state index contributed by atoms with van der Waals surface area (Å²) in [4.78, 5) is 22.9. The maximum atomic E-state index is 12.4. The van der Waals surface area contributed by atoms with Crippen molar-refractivity contribution in [3.8, 4) is 5.69 Å². The topological polar surface area (TPSA) is 85.2 Å². The van der Waals surface area contributed by atoms with Gasteiger partial charge in [0.1, 0.15) is 18.5 Å². The van der Waals surface area contributed by atoms with Crippen molar-refractivity contribution < 1.29 is 9.53 Å². The van der Waals surface area contributed by atoms with Gasteiger partial charge in [0, 0.05) is 18.7 Å². The molecule has 1 aliphatic rings. The van der Waals surface area contributed by atoms with Crippen LogP contribution in [0.2, 0.25) is 0 Å². The summed E-state index contributed by atoms with van der Waals surface area (Å²) < 4.78 is 6.98. The van der Waals surface area contributed by atoms with Crippen LogP contribution in [0.25, 0.3) is 5.69 Å². The first-order valence-electron chi connectivity index (χ1n) is 8.35. The molecule has 1 saturated heterocycles. The Bertz CT molecular complexity index is 856. The SMILES string of the molecule is O=C(Nc1ccc(N2CCOCC2)nc1)c1ccc(-n2cncn2)cc1. The molecule has 3 heterocycles. The molecular weight excluding hydrogens is 332 g/mol. The molecule has 0 unspecified atom stereocenters. The Labute approximate surface area is 150 Å². The van der Waals surface area contributed by atoms with E-state index >= 15 is 0 Å². The molecule has 1 amide bonds. The van der Waals surface area contributed by atoms with Crippen LogP contribution < -0.4 is 10.2 Å². The molecule has 0 atom stereocenters. The lowest BCUT2D eigenvalue weighted by Crippen LogP contribution is -2.36. The molecule has 132 valence electrons. The molecule has 1 aromatic carbocycles. The van der Waals surface area contributed by atoms with E-state index in [4.69, 9.17) is 4.74 Å². The Morgan fingerprint density at radius 2 is 1.88 bits per heavy atom. The molecule has 0 radical (unpaired) electrons. The van der Waals surface area contributed by atoms with E-state index in [0.29, 0.717) is 24.5 Å². The van der Waals surface area contributed by atoms with Gasteiger partial charge in [-0.05, 0) is 36.4 Å². The fourth-order valence-corrected chi connectivity index (χ4v) is 2.75. The predicted octanol–water partition coefficient (Wildman–Crippen LogP) is 1.75. The van der Waals surface area contributed by atoms with Crippen LogP contribution >= 0.6 is 0 Å². The second-order valence-corrected chi connectivity index (χ2v) is 5.85. The molecule has 2 aromatic heterocycles. The Hall–Kier alpha value is -3.26. The zero-order valence-electron chi connectivity index (χ0n) is 14.1. The monoisotopic (exact) mass is 350 g/mol. The highest BCUT2D eigenvalue weighted by molar-refractivity contribution is 6.04. The standard InChI is InChI=1S/C18H18N6O2/c25-18(14-1-4-16(5-2-14)24-13-19-12-21-24)22-15-3-6-17(20-11-15)23-7-9-26-10-8-23/h1-6,11-13H,7-10H2,(H,22,25). The summed E-state index contributed by atoms with van der Waals surface area (Å²) in [7, 11) is 0. The molecule has 1 fully saturated rings. The number of anilines is 2. The lowest BCUT2D eigenvalue weighted by molar-refractivity contribution is 0.102. The number of aromatic nitrogens is 4. The van der Waals surface area contributed by atoms with Gasteiger partial charge in [0.05, 0.1) is 30.8 Å². The van der Waals surface area contributed by atoms with Crippen molar-refractivity contribution in [2.24, 2.45) is 0 Å². The van der Waals surface area contributed by atoms with Gasteiger partial charge in [-0.25, -0.2) is 14.6 Å². The fourth-order valence-electron chi connectivity index (χ4n) is 2.75. The van der Waals surface area contributed by atoms with Crippen molar-refractivity contribution in [3.05, 3.63) is 60.8 Å². The van der Waals surface area contributed by atoms with Crippen molar-refractivity contribution in [3.63, 3.8) is 0 Å². The van der Waals surface area contributed by atoms with E-state index in [0.717, 1.165) is 24.6 Å². The van der Waals surface area contributed by atoms with E-state index < -0.39 is 0 Å². The van der Waals surface area contributed by atoms with Gasteiger partial charge in [0.2, 0.25) is 0 Å². The third kappa shape index (κ3) is 3.55. The van der Waals surface area contributed by atoms with Gasteiger partial charge in [-0.2, -0.15) is 5.10 Å². The number of benzene rings is 1. The van der Waals surface area contributed by atoms with E-state index in [-0.39, 0.29) is 5.91 Å². The zero-order chi connectivity index (χ0) is 17.8. The third-order valence-electron chi connectivity index (χ3n) is 4.15. The summed E-state index contributed by atoms with van der Waals surface area (Å²) in [5.41, 5.74) is 2.06. The van der Waals surface area contributed by atoms with Crippen LogP contribution in [0.15, 0.2) is 55.2 Å². The molecule has 0 aliphatic carbocycles. The molecule has 0 bridgehead atoms. The van der Waals surface area contributed by atoms with Crippen LogP contribution in [0.4, 0.5) is 11.5 Å². The molecule has 4 rings (SSSR count). The number of amides is 1. The van der Waals surface area contributed by atoms with Crippen molar-refractivity contribution in [2.45, 2.75) is 0 Å². The van der Waals surface area contributed by atoms with Crippen LogP contribution in [0.5, 0.6) is 0 Å².